The molecule has 1 saturated heterocycles. The molecular weight excluding hydrogens is 234 g/mol. The molecule has 2 rings (SSSR count). The molecule has 2 heterocycles. The molecule has 17 heavy (non-hydrogen) atoms. The van der Waals surface area contributed by atoms with Crippen molar-refractivity contribution in [2.75, 3.05) is 18.9 Å². The zero-order chi connectivity index (χ0) is 11.9. The van der Waals surface area contributed by atoms with Gasteiger partial charge in [0.1, 0.15) is 11.5 Å². The highest BCUT2D eigenvalue weighted by atomic mass is 32.2. The molecule has 1 fully saturated rings. The Bertz CT molecular complexity index is 321. The largest absolute Gasteiger partial charge is 0.464 e. The van der Waals surface area contributed by atoms with Gasteiger partial charge in [-0.2, -0.15) is 11.8 Å². The summed E-state index contributed by atoms with van der Waals surface area (Å²) in [6.45, 7) is 4.84. The van der Waals surface area contributed by atoms with Crippen LogP contribution in [0.5, 0.6) is 0 Å². The van der Waals surface area contributed by atoms with E-state index in [1.807, 2.05) is 11.8 Å². The van der Waals surface area contributed by atoms with Crippen molar-refractivity contribution in [3.8, 4) is 0 Å². The quantitative estimate of drug-likeness (QED) is 0.812. The van der Waals surface area contributed by atoms with Gasteiger partial charge >= 0.3 is 0 Å². The molecule has 4 heteroatoms. The van der Waals surface area contributed by atoms with Gasteiger partial charge in [0.2, 0.25) is 0 Å². The third kappa shape index (κ3) is 4.37. The van der Waals surface area contributed by atoms with Gasteiger partial charge in [0.05, 0.1) is 18.4 Å². The highest BCUT2D eigenvalue weighted by Gasteiger charge is 2.15. The van der Waals surface area contributed by atoms with Crippen LogP contribution in [-0.4, -0.2) is 25.0 Å². The number of thioether (sulfide) groups is 1. The van der Waals surface area contributed by atoms with E-state index in [1.54, 1.807) is 0 Å². The van der Waals surface area contributed by atoms with Gasteiger partial charge in [-0.15, -0.1) is 0 Å². The first kappa shape index (κ1) is 13.0. The molecule has 3 nitrogen and oxygen atoms in total. The lowest BCUT2D eigenvalue weighted by molar-refractivity contribution is 0.129. The second-order valence-electron chi connectivity index (χ2n) is 4.30. The van der Waals surface area contributed by atoms with Gasteiger partial charge in [-0.3, -0.25) is 0 Å². The van der Waals surface area contributed by atoms with Gasteiger partial charge in [-0.25, -0.2) is 0 Å². The van der Waals surface area contributed by atoms with E-state index >= 15 is 0 Å². The molecule has 1 unspecified atom stereocenters. The zero-order valence-corrected chi connectivity index (χ0v) is 11.2. The Morgan fingerprint density at radius 1 is 1.41 bits per heavy atom. The average molecular weight is 255 g/mol. The lowest BCUT2D eigenvalue weighted by Crippen LogP contribution is -2.10. The normalized spacial score (nSPS) is 19.9. The predicted molar refractivity (Wildman–Crippen MR) is 71.2 cm³/mol. The lowest BCUT2D eigenvalue weighted by Gasteiger charge is -2.07. The van der Waals surface area contributed by atoms with Crippen molar-refractivity contribution >= 4 is 11.8 Å². The van der Waals surface area contributed by atoms with E-state index in [4.69, 9.17) is 9.15 Å². The van der Waals surface area contributed by atoms with E-state index in [0.717, 1.165) is 42.7 Å². The standard InChI is InChI=1S/C13H21NO2S/c1-2-14-8-11-5-6-13(16-11)10-17-9-12-4-3-7-15-12/h5-6,12,14H,2-4,7-10H2,1H3. The first-order valence-corrected chi connectivity index (χ1v) is 7.51. The Labute approximate surface area is 107 Å². The molecule has 96 valence electrons. The third-order valence-corrected chi connectivity index (χ3v) is 3.93. The Kier molecular flexibility index (Phi) is 5.42. The Balaban J connectivity index is 1.65. The van der Waals surface area contributed by atoms with Crippen LogP contribution in [0.15, 0.2) is 16.5 Å². The van der Waals surface area contributed by atoms with Crippen LogP contribution in [0.3, 0.4) is 0 Å². The van der Waals surface area contributed by atoms with Crippen molar-refractivity contribution in [1.82, 2.24) is 5.32 Å². The lowest BCUT2D eigenvalue weighted by atomic mass is 10.3. The summed E-state index contributed by atoms with van der Waals surface area (Å²) in [6, 6.07) is 4.14. The fourth-order valence-corrected chi connectivity index (χ4v) is 2.91. The maximum Gasteiger partial charge on any atom is 0.117 e. The molecular formula is C13H21NO2S. The fourth-order valence-electron chi connectivity index (χ4n) is 1.91. The summed E-state index contributed by atoms with van der Waals surface area (Å²) in [7, 11) is 0. The van der Waals surface area contributed by atoms with Crippen molar-refractivity contribution < 1.29 is 9.15 Å². The molecule has 0 amide bonds. The molecule has 1 aliphatic heterocycles. The maximum atomic E-state index is 5.73. The van der Waals surface area contributed by atoms with Crippen LogP contribution in [0.4, 0.5) is 0 Å². The van der Waals surface area contributed by atoms with Gasteiger partial charge < -0.3 is 14.5 Å². The minimum Gasteiger partial charge on any atom is -0.464 e. The van der Waals surface area contributed by atoms with Gasteiger partial charge in [0, 0.05) is 12.4 Å². The van der Waals surface area contributed by atoms with Crippen LogP contribution < -0.4 is 5.32 Å². The average Bonchev–Trinajstić information content (AvgIpc) is 2.98. The van der Waals surface area contributed by atoms with Crippen molar-refractivity contribution in [2.45, 2.75) is 38.2 Å². The molecule has 0 aromatic carbocycles. The van der Waals surface area contributed by atoms with Crippen molar-refractivity contribution in [3.05, 3.63) is 23.7 Å². The topological polar surface area (TPSA) is 34.4 Å². The van der Waals surface area contributed by atoms with Crippen LogP contribution in [0, 0.1) is 0 Å². The predicted octanol–water partition coefficient (Wildman–Crippen LogP) is 2.80. The summed E-state index contributed by atoms with van der Waals surface area (Å²) in [5.74, 6) is 4.13. The molecule has 1 N–H and O–H groups in total. The Morgan fingerprint density at radius 2 is 2.29 bits per heavy atom. The number of ether oxygens (including phenoxy) is 1. The summed E-state index contributed by atoms with van der Waals surface area (Å²) in [6.07, 6.45) is 2.91. The number of furan rings is 1. The van der Waals surface area contributed by atoms with Gasteiger partial charge in [-0.05, 0) is 31.5 Å². The second-order valence-corrected chi connectivity index (χ2v) is 5.33. The molecule has 0 aliphatic carbocycles. The van der Waals surface area contributed by atoms with Gasteiger partial charge in [0.15, 0.2) is 0 Å². The fraction of sp³-hybridized carbons (Fsp3) is 0.692. The smallest absolute Gasteiger partial charge is 0.117 e. The minimum absolute atomic E-state index is 0.469. The Morgan fingerprint density at radius 3 is 3.06 bits per heavy atom. The van der Waals surface area contributed by atoms with Gasteiger partial charge in [-0.1, -0.05) is 6.92 Å². The molecule has 1 aromatic rings. The minimum atomic E-state index is 0.469. The Hall–Kier alpha value is -0.450. The SMILES string of the molecule is CCNCc1ccc(CSCC2CCCO2)o1. The summed E-state index contributed by atoms with van der Waals surface area (Å²) in [5, 5.41) is 3.26. The maximum absolute atomic E-state index is 5.73. The van der Waals surface area contributed by atoms with Crippen LogP contribution in [0.25, 0.3) is 0 Å². The molecule has 0 bridgehead atoms. The summed E-state index contributed by atoms with van der Waals surface area (Å²) < 4.78 is 11.3. The number of nitrogens with one attached hydrogen (secondary N) is 1. The second kappa shape index (κ2) is 7.09. The van der Waals surface area contributed by atoms with Crippen LogP contribution >= 0.6 is 11.8 Å². The first-order valence-electron chi connectivity index (χ1n) is 6.36. The zero-order valence-electron chi connectivity index (χ0n) is 10.4. The highest BCUT2D eigenvalue weighted by Crippen LogP contribution is 2.21. The van der Waals surface area contributed by atoms with Gasteiger partial charge in [0.25, 0.3) is 0 Å². The first-order chi connectivity index (χ1) is 8.38. The summed E-state index contributed by atoms with van der Waals surface area (Å²) in [5.41, 5.74) is 0. The number of hydrogen-bond acceptors (Lipinski definition) is 4. The highest BCUT2D eigenvalue weighted by molar-refractivity contribution is 7.98. The molecule has 0 radical (unpaired) electrons. The van der Waals surface area contributed by atoms with E-state index in [2.05, 4.69) is 24.4 Å². The number of rotatable bonds is 7. The summed E-state index contributed by atoms with van der Waals surface area (Å²) in [4.78, 5) is 0. The van der Waals surface area contributed by atoms with E-state index in [0.29, 0.717) is 6.10 Å². The van der Waals surface area contributed by atoms with Crippen molar-refractivity contribution in [2.24, 2.45) is 0 Å². The van der Waals surface area contributed by atoms with E-state index in [-0.39, 0.29) is 0 Å². The summed E-state index contributed by atoms with van der Waals surface area (Å²) >= 11 is 1.90. The molecule has 0 spiro atoms. The van der Waals surface area contributed by atoms with Crippen molar-refractivity contribution in [1.29, 1.82) is 0 Å². The molecule has 1 aliphatic rings. The molecule has 0 saturated carbocycles. The number of hydrogen-bond donors (Lipinski definition) is 1. The van der Waals surface area contributed by atoms with Crippen LogP contribution in [0.2, 0.25) is 0 Å². The van der Waals surface area contributed by atoms with Crippen LogP contribution in [-0.2, 0) is 17.0 Å². The van der Waals surface area contributed by atoms with E-state index in [9.17, 15) is 0 Å². The van der Waals surface area contributed by atoms with Crippen LogP contribution in [0.1, 0.15) is 31.3 Å². The molecule has 1 atom stereocenters. The monoisotopic (exact) mass is 255 g/mol. The third-order valence-electron chi connectivity index (χ3n) is 2.84. The van der Waals surface area contributed by atoms with E-state index in [1.165, 1.54) is 12.8 Å². The van der Waals surface area contributed by atoms with E-state index < -0.39 is 0 Å². The van der Waals surface area contributed by atoms with Crippen molar-refractivity contribution in [3.63, 3.8) is 0 Å². The molecule has 1 aromatic heterocycles.